The number of methoxy groups -OCH3 is 2. The average molecular weight is 665 g/mol. The zero-order valence-electron chi connectivity index (χ0n) is 25.3. The summed E-state index contributed by atoms with van der Waals surface area (Å²) in [5, 5.41) is 15.7. The van der Waals surface area contributed by atoms with Crippen LogP contribution in [0.3, 0.4) is 0 Å². The molecule has 0 aliphatic carbocycles. The third kappa shape index (κ3) is 19.8. The number of benzene rings is 3. The Balaban J connectivity index is -0.000000531. The molecule has 0 unspecified atom stereocenters. The number of carboxylic acids is 1. The van der Waals surface area contributed by atoms with Gasteiger partial charge in [0.05, 0.1) is 30.9 Å². The first-order chi connectivity index (χ1) is 20.2. The van der Waals surface area contributed by atoms with Crippen molar-refractivity contribution in [3.05, 3.63) is 127 Å². The summed E-state index contributed by atoms with van der Waals surface area (Å²) in [5.41, 5.74) is 9.27. The van der Waals surface area contributed by atoms with E-state index in [9.17, 15) is 14.4 Å². The van der Waals surface area contributed by atoms with E-state index in [1.54, 1.807) is 78.9 Å². The molecule has 0 atom stereocenters. The van der Waals surface area contributed by atoms with Crippen LogP contribution in [-0.4, -0.2) is 61.1 Å². The number of nitrogens with two attached hydrogens (primary N) is 1. The topological polar surface area (TPSA) is 170 Å². The molecule has 44 heavy (non-hydrogen) atoms. The number of esters is 2. The molecular weight excluding hydrogens is 625 g/mol. The van der Waals surface area contributed by atoms with Crippen LogP contribution in [0.5, 0.6) is 0 Å². The Kier molecular flexibility index (Phi) is 27.7. The summed E-state index contributed by atoms with van der Waals surface area (Å²) >= 11 is 3.13. The Labute approximate surface area is 279 Å². The summed E-state index contributed by atoms with van der Waals surface area (Å²) in [5.74, 6) is -1.57. The third-order valence-electron chi connectivity index (χ3n) is 4.78. The van der Waals surface area contributed by atoms with Crippen molar-refractivity contribution in [3.8, 4) is 0 Å². The molecule has 0 saturated carbocycles. The van der Waals surface area contributed by atoms with E-state index in [0.717, 1.165) is 16.7 Å². The number of carbonyl (C=O) groups is 3. The van der Waals surface area contributed by atoms with Crippen LogP contribution >= 0.6 is 15.9 Å². The van der Waals surface area contributed by atoms with Gasteiger partial charge >= 0.3 is 36.8 Å². The second kappa shape index (κ2) is 27.6. The third-order valence-corrected chi connectivity index (χ3v) is 5.24. The summed E-state index contributed by atoms with van der Waals surface area (Å²) in [6.45, 7) is 12.0. The monoisotopic (exact) mass is 663 g/mol. The van der Waals surface area contributed by atoms with Gasteiger partial charge in [-0.15, -0.1) is 19.7 Å². The molecule has 6 N–H and O–H groups in total. The number of nitrogens with one attached hydrogen (secondary N) is 2. The molecule has 0 amide bonds. The van der Waals surface area contributed by atoms with Crippen molar-refractivity contribution < 1.29 is 53.3 Å². The first-order valence-corrected chi connectivity index (χ1v) is 13.6. The van der Waals surface area contributed by atoms with E-state index in [-0.39, 0.29) is 36.3 Å². The van der Waals surface area contributed by atoms with Gasteiger partial charge in [-0.25, -0.2) is 14.4 Å². The van der Waals surface area contributed by atoms with Crippen LogP contribution in [0.15, 0.2) is 111 Å². The van der Waals surface area contributed by atoms with Gasteiger partial charge in [-0.3, -0.25) is 0 Å². The van der Waals surface area contributed by atoms with Gasteiger partial charge in [0, 0.05) is 35.5 Å². The van der Waals surface area contributed by atoms with E-state index in [1.165, 1.54) is 14.2 Å². The Morgan fingerprint density at radius 2 is 1.05 bits per heavy atom. The van der Waals surface area contributed by atoms with Gasteiger partial charge in [0.15, 0.2) is 0 Å². The van der Waals surface area contributed by atoms with Crippen LogP contribution in [0, 0.1) is 0 Å². The van der Waals surface area contributed by atoms with Gasteiger partial charge in [0.2, 0.25) is 0 Å². The predicted molar refractivity (Wildman–Crippen MR) is 177 cm³/mol. The number of allylic oxidation sites excluding steroid dienone is 1. The van der Waals surface area contributed by atoms with Crippen LogP contribution in [0.1, 0.15) is 31.1 Å². The Morgan fingerprint density at radius 3 is 1.32 bits per heavy atom. The van der Waals surface area contributed by atoms with Crippen LogP contribution in [0.4, 0.5) is 17.1 Å². The number of anilines is 3. The summed E-state index contributed by atoms with van der Waals surface area (Å²) in [6.07, 6.45) is 5.30. The summed E-state index contributed by atoms with van der Waals surface area (Å²) in [6, 6.07) is 20.3. The molecule has 3 rings (SSSR count). The van der Waals surface area contributed by atoms with E-state index in [0.29, 0.717) is 35.5 Å². The van der Waals surface area contributed by atoms with Gasteiger partial charge in [-0.05, 0) is 72.8 Å². The van der Waals surface area contributed by atoms with Crippen molar-refractivity contribution in [2.24, 2.45) is 0 Å². The molecule has 0 fully saturated rings. The van der Waals surface area contributed by atoms with E-state index < -0.39 is 5.97 Å². The summed E-state index contributed by atoms with van der Waals surface area (Å²) < 4.78 is 9.08. The first-order valence-electron chi connectivity index (χ1n) is 12.5. The molecule has 0 aliphatic heterocycles. The maximum absolute atomic E-state index is 11.1. The van der Waals surface area contributed by atoms with Crippen molar-refractivity contribution in [2.45, 2.75) is 0 Å². The molecular formula is C32H39BrLiN3O7. The Hall–Kier alpha value is -4.27. The number of ether oxygens (including phenoxy) is 2. The first kappa shape index (κ1) is 44.2. The molecule has 0 aromatic heterocycles. The van der Waals surface area contributed by atoms with E-state index in [4.69, 9.17) is 10.8 Å². The summed E-state index contributed by atoms with van der Waals surface area (Å²) in [4.78, 5) is 32.4. The number of halogens is 1. The SMILES string of the molecule is C=CCBr.C=CCNc1ccc(C(=O)O)cc1.C=CCNc1ccc(C(=O)OC)cc1.COC(=O)c1ccc(N)cc1.[Li+].[OH-]. The van der Waals surface area contributed by atoms with Crippen molar-refractivity contribution >= 4 is 50.9 Å². The van der Waals surface area contributed by atoms with E-state index in [1.807, 2.05) is 12.1 Å². The van der Waals surface area contributed by atoms with Gasteiger partial charge in [-0.1, -0.05) is 34.2 Å². The number of nitrogen functional groups attached to an aromatic ring is 1. The zero-order chi connectivity index (χ0) is 31.8. The maximum atomic E-state index is 11.1. The fourth-order valence-corrected chi connectivity index (χ4v) is 2.69. The van der Waals surface area contributed by atoms with Crippen LogP contribution in [-0.2, 0) is 9.47 Å². The van der Waals surface area contributed by atoms with Crippen molar-refractivity contribution in [1.82, 2.24) is 0 Å². The number of rotatable bonds is 10. The maximum Gasteiger partial charge on any atom is 1.00 e. The van der Waals surface area contributed by atoms with Crippen molar-refractivity contribution in [1.29, 1.82) is 0 Å². The van der Waals surface area contributed by atoms with Crippen molar-refractivity contribution in [2.75, 3.05) is 49.0 Å². The fraction of sp³-hybridized carbons (Fsp3) is 0.156. The van der Waals surface area contributed by atoms with Gasteiger partial charge in [0.25, 0.3) is 0 Å². The molecule has 12 heteroatoms. The molecule has 0 aliphatic rings. The van der Waals surface area contributed by atoms with Crippen molar-refractivity contribution in [3.63, 3.8) is 0 Å². The molecule has 3 aromatic carbocycles. The molecule has 10 nitrogen and oxygen atoms in total. The largest absolute Gasteiger partial charge is 1.00 e. The van der Waals surface area contributed by atoms with Crippen LogP contribution in [0.25, 0.3) is 0 Å². The smallest absolute Gasteiger partial charge is 0.870 e. The normalized spacial score (nSPS) is 8.52. The minimum atomic E-state index is -0.907. The van der Waals surface area contributed by atoms with E-state index in [2.05, 4.69) is 55.8 Å². The Bertz CT molecular complexity index is 1250. The van der Waals surface area contributed by atoms with Crippen LogP contribution in [0.2, 0.25) is 0 Å². The van der Waals surface area contributed by atoms with Crippen LogP contribution < -0.4 is 35.2 Å². The summed E-state index contributed by atoms with van der Waals surface area (Å²) in [7, 11) is 2.71. The standard InChI is InChI=1S/C11H13NO2.C10H11NO2.C8H9NO2.C3H5Br.Li.H2O/c1-3-8-12-10-6-4-9(5-7-10)11(13)14-2;1-2-7-11-9-5-3-8(4-6-9)10(12)13;1-11-8(10)6-2-4-7(9)5-3-6;1-2-3-4;;/h3-7,12H,1,8H2,2H3;2-6,11H,1,7H2,(H,12,13);2-5H,9H2,1H3;2H,1,3H2;;1H2/q;;;;+1;/p-1. The minimum absolute atomic E-state index is 0. The quantitative estimate of drug-likeness (QED) is 0.0827. The molecule has 0 radical (unpaired) electrons. The van der Waals surface area contributed by atoms with Gasteiger partial charge < -0.3 is 36.4 Å². The zero-order valence-corrected chi connectivity index (χ0v) is 26.9. The molecule has 0 spiro atoms. The Morgan fingerprint density at radius 1 is 0.727 bits per heavy atom. The molecule has 0 bridgehead atoms. The predicted octanol–water partition coefficient (Wildman–Crippen LogP) is 3.50. The molecule has 3 aromatic rings. The fourth-order valence-electron chi connectivity index (χ4n) is 2.69. The second-order valence-corrected chi connectivity index (χ2v) is 8.49. The number of hydrogen-bond acceptors (Lipinski definition) is 9. The number of carboxylic acid groups (broad SMARTS) is 1. The average Bonchev–Trinajstić information content (AvgIpc) is 3.03. The number of aromatic carboxylic acids is 1. The van der Waals surface area contributed by atoms with Gasteiger partial charge in [0.1, 0.15) is 0 Å². The molecule has 0 heterocycles. The molecule has 0 saturated heterocycles. The molecule has 232 valence electrons. The van der Waals surface area contributed by atoms with E-state index >= 15 is 0 Å². The second-order valence-electron chi connectivity index (χ2n) is 7.85. The number of alkyl halides is 1. The number of carbonyl (C=O) groups excluding carboxylic acids is 2. The van der Waals surface area contributed by atoms with Gasteiger partial charge in [-0.2, -0.15) is 0 Å². The minimum Gasteiger partial charge on any atom is -0.870 e. The number of hydrogen-bond donors (Lipinski definition) is 4.